The quantitative estimate of drug-likeness (QED) is 0.775. The molecule has 2 aliphatic rings. The third kappa shape index (κ3) is 1.38. The van der Waals surface area contributed by atoms with Gasteiger partial charge in [0.25, 0.3) is 0 Å². The van der Waals surface area contributed by atoms with Crippen molar-refractivity contribution in [2.75, 3.05) is 0 Å². The van der Waals surface area contributed by atoms with E-state index >= 15 is 0 Å². The molecule has 1 aromatic rings. The number of aliphatic hydroxyl groups excluding tert-OH is 1. The molecule has 96 valence electrons. The topological polar surface area (TPSA) is 59.7 Å². The number of fused-ring (bicyclic) bond motifs is 1. The van der Waals surface area contributed by atoms with Gasteiger partial charge in [-0.15, -0.1) is 0 Å². The van der Waals surface area contributed by atoms with Gasteiger partial charge in [0, 0.05) is 11.0 Å². The molecule has 1 N–H and O–H groups in total. The number of furan rings is 1. The average Bonchev–Trinajstić information content (AvgIpc) is 2.92. The molecule has 2 heterocycles. The number of cyclic esters (lactones) is 1. The Kier molecular flexibility index (Phi) is 2.38. The number of ether oxygens (including phenoxy) is 1. The lowest BCUT2D eigenvalue weighted by molar-refractivity contribution is -0.141. The van der Waals surface area contributed by atoms with Crippen LogP contribution in [-0.4, -0.2) is 17.2 Å². The van der Waals surface area contributed by atoms with Crippen molar-refractivity contribution in [2.45, 2.75) is 38.9 Å². The van der Waals surface area contributed by atoms with E-state index in [1.807, 2.05) is 19.9 Å². The number of hydrogen-bond acceptors (Lipinski definition) is 4. The minimum absolute atomic E-state index is 0.324. The van der Waals surface area contributed by atoms with Gasteiger partial charge >= 0.3 is 5.97 Å². The van der Waals surface area contributed by atoms with Gasteiger partial charge in [-0.3, -0.25) is 0 Å². The second kappa shape index (κ2) is 3.72. The molecule has 1 saturated heterocycles. The highest BCUT2D eigenvalue weighted by Gasteiger charge is 2.54. The molecule has 1 aliphatic carbocycles. The van der Waals surface area contributed by atoms with Crippen LogP contribution in [0.3, 0.4) is 0 Å². The van der Waals surface area contributed by atoms with Crippen LogP contribution in [-0.2, 0) is 9.53 Å². The fraction of sp³-hybridized carbons (Fsp3) is 0.500. The molecular weight excluding hydrogens is 232 g/mol. The normalized spacial score (nSPS) is 35.6. The van der Waals surface area contributed by atoms with Gasteiger partial charge in [0.05, 0.1) is 12.4 Å². The van der Waals surface area contributed by atoms with Crippen molar-refractivity contribution in [3.8, 4) is 0 Å². The van der Waals surface area contributed by atoms with E-state index in [0.717, 1.165) is 12.0 Å². The van der Waals surface area contributed by atoms with Crippen molar-refractivity contribution in [3.05, 3.63) is 35.3 Å². The first-order valence-electron chi connectivity index (χ1n) is 6.18. The summed E-state index contributed by atoms with van der Waals surface area (Å²) < 4.78 is 10.9. The lowest BCUT2D eigenvalue weighted by Crippen LogP contribution is -2.31. The van der Waals surface area contributed by atoms with Gasteiger partial charge in [0.1, 0.15) is 5.76 Å². The van der Waals surface area contributed by atoms with E-state index in [0.29, 0.717) is 17.8 Å². The molecule has 3 atom stereocenters. The highest BCUT2D eigenvalue weighted by atomic mass is 16.6. The third-order valence-electron chi connectivity index (χ3n) is 4.21. The van der Waals surface area contributed by atoms with Crippen LogP contribution in [0.4, 0.5) is 0 Å². The first kappa shape index (κ1) is 11.5. The largest absolute Gasteiger partial charge is 0.465 e. The predicted octanol–water partition coefficient (Wildman–Crippen LogP) is 2.36. The number of carbonyl (C=O) groups excluding carboxylic acids is 1. The number of esters is 1. The highest BCUT2D eigenvalue weighted by Crippen LogP contribution is 2.55. The zero-order valence-electron chi connectivity index (χ0n) is 10.5. The van der Waals surface area contributed by atoms with Crippen molar-refractivity contribution in [2.24, 2.45) is 5.41 Å². The molecule has 0 radical (unpaired) electrons. The van der Waals surface area contributed by atoms with E-state index in [9.17, 15) is 9.90 Å². The minimum Gasteiger partial charge on any atom is -0.465 e. The van der Waals surface area contributed by atoms with Crippen LogP contribution >= 0.6 is 0 Å². The van der Waals surface area contributed by atoms with Crippen molar-refractivity contribution < 1.29 is 19.1 Å². The van der Waals surface area contributed by atoms with Crippen LogP contribution in [0, 0.1) is 5.41 Å². The van der Waals surface area contributed by atoms with Gasteiger partial charge in [0.15, 0.2) is 6.10 Å². The summed E-state index contributed by atoms with van der Waals surface area (Å²) in [5.41, 5.74) is 0.976. The molecule has 1 aliphatic heterocycles. The number of aliphatic hydroxyl groups is 1. The van der Waals surface area contributed by atoms with Crippen molar-refractivity contribution in [1.82, 2.24) is 0 Å². The standard InChI is InChI=1S/C14H16O4/c1-8-9(15)5-6-14(2)11(8)13(16)18-12(14)10-4-3-7-17-10/h3-4,7,9,12,15H,5-6H2,1-2H3/t9-,12-,14+/m0/s1. The first-order chi connectivity index (χ1) is 8.54. The van der Waals surface area contributed by atoms with Gasteiger partial charge in [-0.05, 0) is 37.5 Å². The Bertz CT molecular complexity index is 514. The van der Waals surface area contributed by atoms with Gasteiger partial charge in [-0.25, -0.2) is 4.79 Å². The van der Waals surface area contributed by atoms with Crippen LogP contribution in [0.2, 0.25) is 0 Å². The second-order valence-corrected chi connectivity index (χ2v) is 5.33. The maximum absolute atomic E-state index is 12.0. The molecule has 0 unspecified atom stereocenters. The van der Waals surface area contributed by atoms with Crippen LogP contribution in [0.1, 0.15) is 38.6 Å². The number of rotatable bonds is 1. The molecule has 4 nitrogen and oxygen atoms in total. The highest BCUT2D eigenvalue weighted by molar-refractivity contribution is 5.94. The molecular formula is C14H16O4. The molecule has 1 aromatic heterocycles. The molecule has 0 aromatic carbocycles. The van der Waals surface area contributed by atoms with E-state index in [-0.39, 0.29) is 12.1 Å². The number of hydrogen-bond donors (Lipinski definition) is 1. The lowest BCUT2D eigenvalue weighted by atomic mass is 9.68. The van der Waals surface area contributed by atoms with Crippen molar-refractivity contribution in [1.29, 1.82) is 0 Å². The first-order valence-corrected chi connectivity index (χ1v) is 6.18. The Balaban J connectivity index is 2.11. The Morgan fingerprint density at radius 3 is 2.94 bits per heavy atom. The van der Waals surface area contributed by atoms with Gasteiger partial charge in [-0.2, -0.15) is 0 Å². The fourth-order valence-corrected chi connectivity index (χ4v) is 3.16. The summed E-state index contributed by atoms with van der Waals surface area (Å²) >= 11 is 0. The number of carbonyl (C=O) groups is 1. The fourth-order valence-electron chi connectivity index (χ4n) is 3.16. The maximum atomic E-state index is 12.0. The molecule has 18 heavy (non-hydrogen) atoms. The summed E-state index contributed by atoms with van der Waals surface area (Å²) in [7, 11) is 0. The summed E-state index contributed by atoms with van der Waals surface area (Å²) in [5.74, 6) is 0.347. The van der Waals surface area contributed by atoms with Crippen LogP contribution in [0.15, 0.2) is 34.0 Å². The molecule has 0 bridgehead atoms. The molecule has 4 heteroatoms. The van der Waals surface area contributed by atoms with Crippen molar-refractivity contribution in [3.63, 3.8) is 0 Å². The summed E-state index contributed by atoms with van der Waals surface area (Å²) in [4.78, 5) is 12.0. The van der Waals surface area contributed by atoms with Gasteiger partial charge < -0.3 is 14.3 Å². The molecule has 0 amide bonds. The van der Waals surface area contributed by atoms with E-state index in [1.165, 1.54) is 0 Å². The van der Waals surface area contributed by atoms with E-state index < -0.39 is 11.5 Å². The van der Waals surface area contributed by atoms with Gasteiger partial charge in [0.2, 0.25) is 0 Å². The molecule has 3 rings (SSSR count). The smallest absolute Gasteiger partial charge is 0.335 e. The second-order valence-electron chi connectivity index (χ2n) is 5.33. The lowest BCUT2D eigenvalue weighted by Gasteiger charge is -2.34. The van der Waals surface area contributed by atoms with E-state index in [2.05, 4.69) is 0 Å². The summed E-state index contributed by atoms with van der Waals surface area (Å²) in [6.07, 6.45) is 2.05. The van der Waals surface area contributed by atoms with E-state index in [4.69, 9.17) is 9.15 Å². The average molecular weight is 248 g/mol. The zero-order valence-corrected chi connectivity index (χ0v) is 10.5. The van der Waals surface area contributed by atoms with Crippen LogP contribution < -0.4 is 0 Å². The molecule has 0 saturated carbocycles. The summed E-state index contributed by atoms with van der Waals surface area (Å²) in [6.45, 7) is 3.82. The molecule has 1 fully saturated rings. The Morgan fingerprint density at radius 2 is 2.28 bits per heavy atom. The molecule has 0 spiro atoms. The van der Waals surface area contributed by atoms with Gasteiger partial charge in [-0.1, -0.05) is 6.92 Å². The maximum Gasteiger partial charge on any atom is 0.335 e. The van der Waals surface area contributed by atoms with E-state index in [1.54, 1.807) is 12.3 Å². The minimum atomic E-state index is -0.532. The monoisotopic (exact) mass is 248 g/mol. The Morgan fingerprint density at radius 1 is 1.50 bits per heavy atom. The SMILES string of the molecule is CC1=C2C(=O)O[C@@H](c3ccco3)[C@]2(C)CC[C@@H]1O. The summed E-state index contributed by atoms with van der Waals surface area (Å²) in [5, 5.41) is 9.88. The zero-order chi connectivity index (χ0) is 12.9. The Hall–Kier alpha value is -1.55. The van der Waals surface area contributed by atoms with Crippen LogP contribution in [0.25, 0.3) is 0 Å². The van der Waals surface area contributed by atoms with Crippen molar-refractivity contribution >= 4 is 5.97 Å². The predicted molar refractivity (Wildman–Crippen MR) is 63.6 cm³/mol. The Labute approximate surface area is 105 Å². The van der Waals surface area contributed by atoms with Crippen LogP contribution in [0.5, 0.6) is 0 Å². The third-order valence-corrected chi connectivity index (χ3v) is 4.21. The summed E-state index contributed by atoms with van der Waals surface area (Å²) in [6, 6.07) is 3.62.